The predicted molar refractivity (Wildman–Crippen MR) is 84.9 cm³/mol. The normalized spacial score (nSPS) is 10.0. The van der Waals surface area contributed by atoms with Crippen LogP contribution in [0.5, 0.6) is 0 Å². The highest BCUT2D eigenvalue weighted by Crippen LogP contribution is 2.23. The zero-order valence-electron chi connectivity index (χ0n) is 11.0. The summed E-state index contributed by atoms with van der Waals surface area (Å²) in [6.45, 7) is 0. The standard InChI is InChI=1S/C15H11BrClNO3/c1-21-15(20)10-3-2-4-11(7-10)18-14(19)9-5-6-13(17)12(16)8-9/h2-8H,1H3,(H,18,19). The molecule has 0 saturated heterocycles. The Bertz CT molecular complexity index is 703. The van der Waals surface area contributed by atoms with Gasteiger partial charge in [-0.05, 0) is 52.3 Å². The first kappa shape index (κ1) is 15.5. The molecule has 0 spiro atoms. The van der Waals surface area contributed by atoms with Crippen LogP contribution >= 0.6 is 27.5 Å². The number of methoxy groups -OCH3 is 1. The van der Waals surface area contributed by atoms with Crippen LogP contribution in [0, 0.1) is 0 Å². The lowest BCUT2D eigenvalue weighted by molar-refractivity contribution is 0.0600. The van der Waals surface area contributed by atoms with E-state index in [1.54, 1.807) is 42.5 Å². The molecule has 2 rings (SSSR count). The Hall–Kier alpha value is -1.85. The highest BCUT2D eigenvalue weighted by Gasteiger charge is 2.10. The Labute approximate surface area is 135 Å². The summed E-state index contributed by atoms with van der Waals surface area (Å²) in [5, 5.41) is 3.24. The molecule has 0 aliphatic rings. The highest BCUT2D eigenvalue weighted by molar-refractivity contribution is 9.10. The number of amides is 1. The largest absolute Gasteiger partial charge is 0.465 e. The van der Waals surface area contributed by atoms with Crippen molar-refractivity contribution < 1.29 is 14.3 Å². The lowest BCUT2D eigenvalue weighted by Crippen LogP contribution is -2.12. The summed E-state index contributed by atoms with van der Waals surface area (Å²) in [6.07, 6.45) is 0. The van der Waals surface area contributed by atoms with E-state index in [9.17, 15) is 9.59 Å². The van der Waals surface area contributed by atoms with Crippen molar-refractivity contribution in [3.8, 4) is 0 Å². The molecular weight excluding hydrogens is 358 g/mol. The van der Waals surface area contributed by atoms with Gasteiger partial charge in [-0.25, -0.2) is 4.79 Å². The number of halogens is 2. The van der Waals surface area contributed by atoms with E-state index in [2.05, 4.69) is 26.0 Å². The number of ether oxygens (including phenoxy) is 1. The molecule has 2 aromatic carbocycles. The summed E-state index contributed by atoms with van der Waals surface area (Å²) in [5.41, 5.74) is 1.33. The van der Waals surface area contributed by atoms with Crippen LogP contribution in [0.25, 0.3) is 0 Å². The van der Waals surface area contributed by atoms with Crippen molar-refractivity contribution in [2.45, 2.75) is 0 Å². The average molecular weight is 369 g/mol. The molecule has 0 saturated carbocycles. The number of carbonyl (C=O) groups excluding carboxylic acids is 2. The molecule has 108 valence electrons. The van der Waals surface area contributed by atoms with Crippen molar-refractivity contribution >= 4 is 45.1 Å². The molecule has 1 N–H and O–H groups in total. The van der Waals surface area contributed by atoms with Gasteiger partial charge in [-0.2, -0.15) is 0 Å². The topological polar surface area (TPSA) is 55.4 Å². The zero-order chi connectivity index (χ0) is 15.4. The summed E-state index contributed by atoms with van der Waals surface area (Å²) >= 11 is 9.15. The van der Waals surface area contributed by atoms with Crippen LogP contribution in [-0.4, -0.2) is 19.0 Å². The van der Waals surface area contributed by atoms with Gasteiger partial charge in [-0.1, -0.05) is 17.7 Å². The fraction of sp³-hybridized carbons (Fsp3) is 0.0667. The minimum atomic E-state index is -0.458. The van der Waals surface area contributed by atoms with Crippen LogP contribution in [0.4, 0.5) is 5.69 Å². The number of anilines is 1. The first-order chi connectivity index (χ1) is 10.0. The van der Waals surface area contributed by atoms with Gasteiger partial charge < -0.3 is 10.1 Å². The molecule has 0 aliphatic heterocycles. The molecular formula is C15H11BrClNO3. The van der Waals surface area contributed by atoms with Crippen molar-refractivity contribution in [2.24, 2.45) is 0 Å². The number of hydrogen-bond donors (Lipinski definition) is 1. The third kappa shape index (κ3) is 3.83. The Balaban J connectivity index is 2.19. The van der Waals surface area contributed by atoms with Crippen LogP contribution < -0.4 is 5.32 Å². The monoisotopic (exact) mass is 367 g/mol. The van der Waals surface area contributed by atoms with E-state index >= 15 is 0 Å². The smallest absolute Gasteiger partial charge is 0.337 e. The van der Waals surface area contributed by atoms with Crippen LogP contribution in [-0.2, 0) is 4.74 Å². The van der Waals surface area contributed by atoms with E-state index in [-0.39, 0.29) is 5.91 Å². The average Bonchev–Trinajstić information content (AvgIpc) is 2.49. The number of nitrogens with one attached hydrogen (secondary N) is 1. The second-order valence-electron chi connectivity index (χ2n) is 4.16. The number of carbonyl (C=O) groups is 2. The molecule has 0 fully saturated rings. The van der Waals surface area contributed by atoms with E-state index in [0.717, 1.165) is 0 Å². The Morgan fingerprint density at radius 1 is 1.14 bits per heavy atom. The zero-order valence-corrected chi connectivity index (χ0v) is 13.4. The quantitative estimate of drug-likeness (QED) is 0.828. The molecule has 0 bridgehead atoms. The van der Waals surface area contributed by atoms with Crippen molar-refractivity contribution in [1.29, 1.82) is 0 Å². The molecule has 0 aromatic heterocycles. The van der Waals surface area contributed by atoms with Crippen molar-refractivity contribution in [3.63, 3.8) is 0 Å². The first-order valence-electron chi connectivity index (χ1n) is 5.96. The van der Waals surface area contributed by atoms with E-state index in [4.69, 9.17) is 11.6 Å². The summed E-state index contributed by atoms with van der Waals surface area (Å²) < 4.78 is 5.28. The molecule has 2 aromatic rings. The first-order valence-corrected chi connectivity index (χ1v) is 7.13. The number of benzene rings is 2. The molecule has 6 heteroatoms. The molecule has 0 heterocycles. The van der Waals surface area contributed by atoms with Gasteiger partial charge in [0.25, 0.3) is 5.91 Å². The molecule has 0 radical (unpaired) electrons. The Morgan fingerprint density at radius 3 is 2.57 bits per heavy atom. The highest BCUT2D eigenvalue weighted by atomic mass is 79.9. The van der Waals surface area contributed by atoms with Gasteiger partial charge in [0.15, 0.2) is 0 Å². The lowest BCUT2D eigenvalue weighted by Gasteiger charge is -2.07. The Kier molecular flexibility index (Phi) is 4.98. The third-order valence-corrected chi connectivity index (χ3v) is 3.94. The fourth-order valence-corrected chi connectivity index (χ4v) is 2.18. The minimum Gasteiger partial charge on any atom is -0.465 e. The number of rotatable bonds is 3. The van der Waals surface area contributed by atoms with E-state index < -0.39 is 5.97 Å². The molecule has 0 unspecified atom stereocenters. The van der Waals surface area contributed by atoms with Gasteiger partial charge >= 0.3 is 5.97 Å². The van der Waals surface area contributed by atoms with Gasteiger partial charge in [0.1, 0.15) is 0 Å². The van der Waals surface area contributed by atoms with Gasteiger partial charge in [-0.3, -0.25) is 4.79 Å². The summed E-state index contributed by atoms with van der Waals surface area (Å²) in [6, 6.07) is 11.4. The van der Waals surface area contributed by atoms with Crippen molar-refractivity contribution in [2.75, 3.05) is 12.4 Å². The van der Waals surface area contributed by atoms with Gasteiger partial charge in [-0.15, -0.1) is 0 Å². The summed E-state index contributed by atoms with van der Waals surface area (Å²) in [4.78, 5) is 23.6. The maximum absolute atomic E-state index is 12.1. The van der Waals surface area contributed by atoms with Crippen LogP contribution in [0.2, 0.25) is 5.02 Å². The molecule has 21 heavy (non-hydrogen) atoms. The number of esters is 1. The van der Waals surface area contributed by atoms with Gasteiger partial charge in [0.05, 0.1) is 17.7 Å². The van der Waals surface area contributed by atoms with Crippen LogP contribution in [0.15, 0.2) is 46.9 Å². The van der Waals surface area contributed by atoms with Crippen LogP contribution in [0.1, 0.15) is 20.7 Å². The second kappa shape index (κ2) is 6.74. The predicted octanol–water partition coefficient (Wildman–Crippen LogP) is 4.14. The van der Waals surface area contributed by atoms with Crippen LogP contribution in [0.3, 0.4) is 0 Å². The SMILES string of the molecule is COC(=O)c1cccc(NC(=O)c2ccc(Cl)c(Br)c2)c1. The van der Waals surface area contributed by atoms with Gasteiger partial charge in [0.2, 0.25) is 0 Å². The maximum atomic E-state index is 12.1. The molecule has 1 amide bonds. The molecule has 0 atom stereocenters. The van der Waals surface area contributed by atoms with E-state index in [1.807, 2.05) is 0 Å². The van der Waals surface area contributed by atoms with Crippen molar-refractivity contribution in [3.05, 3.63) is 63.1 Å². The molecule has 4 nitrogen and oxygen atoms in total. The maximum Gasteiger partial charge on any atom is 0.337 e. The lowest BCUT2D eigenvalue weighted by atomic mass is 10.1. The number of hydrogen-bond acceptors (Lipinski definition) is 3. The van der Waals surface area contributed by atoms with Crippen molar-refractivity contribution in [1.82, 2.24) is 0 Å². The minimum absolute atomic E-state index is 0.297. The summed E-state index contributed by atoms with van der Waals surface area (Å²) in [5.74, 6) is -0.755. The van der Waals surface area contributed by atoms with E-state index in [1.165, 1.54) is 7.11 Å². The van der Waals surface area contributed by atoms with Gasteiger partial charge in [0, 0.05) is 15.7 Å². The molecule has 0 aliphatic carbocycles. The van der Waals surface area contributed by atoms with E-state index in [0.29, 0.717) is 26.3 Å². The third-order valence-electron chi connectivity index (χ3n) is 2.72. The summed E-state index contributed by atoms with van der Waals surface area (Å²) in [7, 11) is 1.30. The Morgan fingerprint density at radius 2 is 1.90 bits per heavy atom. The second-order valence-corrected chi connectivity index (χ2v) is 5.42. The fourth-order valence-electron chi connectivity index (χ4n) is 1.68.